The van der Waals surface area contributed by atoms with Crippen molar-refractivity contribution in [3.63, 3.8) is 0 Å². The average molecular weight is 249 g/mol. The first-order chi connectivity index (χ1) is 8.74. The highest BCUT2D eigenvalue weighted by Gasteiger charge is 2.16. The van der Waals surface area contributed by atoms with Gasteiger partial charge in [0.1, 0.15) is 5.69 Å². The van der Waals surface area contributed by atoms with Gasteiger partial charge in [0.25, 0.3) is 0 Å². The number of carbonyl (C=O) groups is 1. The largest absolute Gasteiger partial charge is 0.482 e. The molecule has 0 aliphatic carbocycles. The number of rotatable bonds is 5. The minimum absolute atomic E-state index is 0.407. The first-order valence-corrected chi connectivity index (χ1v) is 5.70. The molecule has 0 amide bonds. The van der Waals surface area contributed by atoms with E-state index in [1.807, 2.05) is 6.92 Å². The maximum absolute atomic E-state index is 11.2. The number of aromatic nitrogens is 3. The van der Waals surface area contributed by atoms with Crippen LogP contribution in [0.25, 0.3) is 5.78 Å². The van der Waals surface area contributed by atoms with Crippen LogP contribution in [0.1, 0.15) is 29.5 Å². The molecule has 2 aromatic heterocycles. The van der Waals surface area contributed by atoms with Gasteiger partial charge in [0.15, 0.2) is 6.29 Å². The number of hydrogen-bond donors (Lipinski definition) is 0. The van der Waals surface area contributed by atoms with Gasteiger partial charge in [-0.1, -0.05) is 13.3 Å². The topological polar surface area (TPSA) is 65.7 Å². The molecule has 0 aromatic carbocycles. The van der Waals surface area contributed by atoms with Crippen LogP contribution in [0, 0.1) is 0 Å². The molecule has 0 unspecified atom stereocenters. The average Bonchev–Trinajstić information content (AvgIpc) is 2.75. The summed E-state index contributed by atoms with van der Waals surface area (Å²) in [4.78, 5) is 19.8. The van der Waals surface area contributed by atoms with Crippen LogP contribution < -0.4 is 9.47 Å². The highest BCUT2D eigenvalue weighted by Crippen LogP contribution is 2.23. The second-order valence-electron chi connectivity index (χ2n) is 3.79. The monoisotopic (exact) mass is 249 g/mol. The molecule has 2 aromatic rings. The first-order valence-electron chi connectivity index (χ1n) is 5.70. The lowest BCUT2D eigenvalue weighted by molar-refractivity contribution is 0.111. The van der Waals surface area contributed by atoms with Crippen LogP contribution in [0.2, 0.25) is 0 Å². The van der Waals surface area contributed by atoms with E-state index in [1.165, 1.54) is 14.2 Å². The molecule has 0 atom stereocenters. The van der Waals surface area contributed by atoms with Crippen molar-refractivity contribution < 1.29 is 14.3 Å². The fraction of sp³-hybridized carbons (Fsp3) is 0.417. The molecule has 0 spiro atoms. The molecule has 0 fully saturated rings. The zero-order valence-corrected chi connectivity index (χ0v) is 10.6. The smallest absolute Gasteiger partial charge is 0.240 e. The van der Waals surface area contributed by atoms with Gasteiger partial charge in [-0.15, -0.1) is 0 Å². The molecule has 0 aliphatic rings. The maximum atomic E-state index is 11.2. The van der Waals surface area contributed by atoms with Crippen molar-refractivity contribution in [2.24, 2.45) is 0 Å². The number of aldehydes is 1. The van der Waals surface area contributed by atoms with Gasteiger partial charge in [0.2, 0.25) is 17.5 Å². The standard InChI is InChI=1S/C12H15N3O3/c1-4-5-8-9(7-16)15-11(18-3)6-10(17-2)14-12(15)13-8/h6-7H,4-5H2,1-3H3. The summed E-state index contributed by atoms with van der Waals surface area (Å²) in [5.41, 5.74) is 1.21. The van der Waals surface area contributed by atoms with Crippen molar-refractivity contribution in [1.82, 2.24) is 14.4 Å². The molecule has 2 heterocycles. The third-order valence-corrected chi connectivity index (χ3v) is 2.67. The van der Waals surface area contributed by atoms with E-state index in [1.54, 1.807) is 10.5 Å². The summed E-state index contributed by atoms with van der Waals surface area (Å²) in [7, 11) is 3.05. The number of ether oxygens (including phenoxy) is 2. The van der Waals surface area contributed by atoms with E-state index in [0.717, 1.165) is 24.8 Å². The highest BCUT2D eigenvalue weighted by molar-refractivity contribution is 5.76. The Kier molecular flexibility index (Phi) is 3.45. The van der Waals surface area contributed by atoms with Crippen LogP contribution in [0.5, 0.6) is 11.8 Å². The van der Waals surface area contributed by atoms with Crippen molar-refractivity contribution >= 4 is 12.1 Å². The van der Waals surface area contributed by atoms with Gasteiger partial charge in [-0.05, 0) is 6.42 Å². The van der Waals surface area contributed by atoms with Crippen molar-refractivity contribution in [3.05, 3.63) is 17.5 Å². The van der Waals surface area contributed by atoms with Gasteiger partial charge in [0, 0.05) is 0 Å². The zero-order chi connectivity index (χ0) is 13.1. The summed E-state index contributed by atoms with van der Waals surface area (Å²) in [6, 6.07) is 1.62. The SMILES string of the molecule is CCCc1nc2nc(OC)cc(OC)n2c1C=O. The third kappa shape index (κ3) is 1.90. The van der Waals surface area contributed by atoms with Crippen molar-refractivity contribution in [2.75, 3.05) is 14.2 Å². The Bertz CT molecular complexity index is 577. The lowest BCUT2D eigenvalue weighted by Crippen LogP contribution is -2.02. The van der Waals surface area contributed by atoms with Gasteiger partial charge in [0.05, 0.1) is 26.0 Å². The van der Waals surface area contributed by atoms with Crippen LogP contribution in [-0.4, -0.2) is 34.9 Å². The zero-order valence-electron chi connectivity index (χ0n) is 10.6. The third-order valence-electron chi connectivity index (χ3n) is 2.67. The van der Waals surface area contributed by atoms with Crippen LogP contribution in [0.15, 0.2) is 6.07 Å². The molecule has 0 saturated carbocycles. The van der Waals surface area contributed by atoms with Crippen molar-refractivity contribution in [3.8, 4) is 11.8 Å². The molecule has 2 rings (SSSR count). The number of nitrogens with zero attached hydrogens (tertiary/aromatic N) is 3. The van der Waals surface area contributed by atoms with Gasteiger partial charge in [-0.25, -0.2) is 9.38 Å². The van der Waals surface area contributed by atoms with E-state index < -0.39 is 0 Å². The Morgan fingerprint density at radius 2 is 2.11 bits per heavy atom. The fourth-order valence-corrected chi connectivity index (χ4v) is 1.85. The van der Waals surface area contributed by atoms with E-state index in [9.17, 15) is 4.79 Å². The lowest BCUT2D eigenvalue weighted by Gasteiger charge is -2.06. The summed E-state index contributed by atoms with van der Waals surface area (Å²) in [6.07, 6.45) is 2.41. The molecular weight excluding hydrogens is 234 g/mol. The molecule has 0 radical (unpaired) electrons. The molecular formula is C12H15N3O3. The number of hydrogen-bond acceptors (Lipinski definition) is 5. The predicted octanol–water partition coefficient (Wildman–Crippen LogP) is 1.51. The van der Waals surface area contributed by atoms with Gasteiger partial charge < -0.3 is 9.47 Å². The number of methoxy groups -OCH3 is 2. The Hall–Kier alpha value is -2.11. The Balaban J connectivity index is 2.74. The minimum Gasteiger partial charge on any atom is -0.482 e. The molecule has 0 saturated heterocycles. The second kappa shape index (κ2) is 5.03. The summed E-state index contributed by atoms with van der Waals surface area (Å²) in [6.45, 7) is 2.03. The van der Waals surface area contributed by atoms with E-state index >= 15 is 0 Å². The highest BCUT2D eigenvalue weighted by atomic mass is 16.5. The number of aryl methyl sites for hydroxylation is 1. The van der Waals surface area contributed by atoms with Crippen molar-refractivity contribution in [2.45, 2.75) is 19.8 Å². The van der Waals surface area contributed by atoms with Crippen LogP contribution in [0.4, 0.5) is 0 Å². The summed E-state index contributed by atoms with van der Waals surface area (Å²) in [5.74, 6) is 1.30. The van der Waals surface area contributed by atoms with Gasteiger partial charge in [-0.3, -0.25) is 4.79 Å². The van der Waals surface area contributed by atoms with E-state index in [4.69, 9.17) is 9.47 Å². The molecule has 96 valence electrons. The molecule has 0 aliphatic heterocycles. The molecule has 18 heavy (non-hydrogen) atoms. The Labute approximate surface area is 105 Å². The van der Waals surface area contributed by atoms with E-state index in [2.05, 4.69) is 9.97 Å². The molecule has 0 bridgehead atoms. The van der Waals surface area contributed by atoms with Crippen molar-refractivity contribution in [1.29, 1.82) is 0 Å². The van der Waals surface area contributed by atoms with Crippen LogP contribution in [0.3, 0.4) is 0 Å². The maximum Gasteiger partial charge on any atom is 0.240 e. The Morgan fingerprint density at radius 3 is 2.67 bits per heavy atom. The minimum atomic E-state index is 0.407. The first kappa shape index (κ1) is 12.3. The summed E-state index contributed by atoms with van der Waals surface area (Å²) >= 11 is 0. The number of carbonyl (C=O) groups excluding carboxylic acids is 1. The normalized spacial score (nSPS) is 10.6. The fourth-order valence-electron chi connectivity index (χ4n) is 1.85. The Morgan fingerprint density at radius 1 is 1.33 bits per heavy atom. The van der Waals surface area contributed by atoms with E-state index in [0.29, 0.717) is 23.2 Å². The summed E-state index contributed by atoms with van der Waals surface area (Å²) < 4.78 is 11.9. The molecule has 6 nitrogen and oxygen atoms in total. The van der Waals surface area contributed by atoms with Crippen LogP contribution >= 0.6 is 0 Å². The quantitative estimate of drug-likeness (QED) is 0.751. The van der Waals surface area contributed by atoms with Crippen LogP contribution in [-0.2, 0) is 6.42 Å². The second-order valence-corrected chi connectivity index (χ2v) is 3.79. The lowest BCUT2D eigenvalue weighted by atomic mass is 10.2. The summed E-state index contributed by atoms with van der Waals surface area (Å²) in [5, 5.41) is 0. The van der Waals surface area contributed by atoms with E-state index in [-0.39, 0.29) is 0 Å². The van der Waals surface area contributed by atoms with Gasteiger partial charge in [-0.2, -0.15) is 4.98 Å². The predicted molar refractivity (Wildman–Crippen MR) is 65.5 cm³/mol. The molecule has 6 heteroatoms. The number of fused-ring (bicyclic) bond motifs is 1. The van der Waals surface area contributed by atoms with Gasteiger partial charge >= 0.3 is 0 Å². The molecule has 0 N–H and O–H groups in total. The number of imidazole rings is 1.